The number of methoxy groups -OCH3 is 2. The fraction of sp³-hybridized carbons (Fsp3) is 0.738. The molecule has 0 radical (unpaired) electrons. The van der Waals surface area contributed by atoms with Gasteiger partial charge >= 0.3 is 5.97 Å². The van der Waals surface area contributed by atoms with E-state index < -0.39 is 65.9 Å². The molecule has 1 aromatic rings. The molecule has 4 amide bonds. The molecule has 2 rings (SSSR count). The van der Waals surface area contributed by atoms with Crippen molar-refractivity contribution in [3.05, 3.63) is 35.9 Å². The number of hydrogen-bond donors (Lipinski definition) is 4. The van der Waals surface area contributed by atoms with Gasteiger partial charge in [0, 0.05) is 40.3 Å². The summed E-state index contributed by atoms with van der Waals surface area (Å²) in [7, 11) is 6.41. The van der Waals surface area contributed by atoms with E-state index in [1.165, 1.54) is 14.2 Å². The van der Waals surface area contributed by atoms with Crippen LogP contribution in [0, 0.1) is 17.8 Å². The molecular formula is C42H72N6O8. The highest BCUT2D eigenvalue weighted by molar-refractivity contribution is 5.91. The average Bonchev–Trinajstić information content (AvgIpc) is 3.62. The molecule has 1 aliphatic rings. The van der Waals surface area contributed by atoms with Crippen LogP contribution in [-0.4, -0.2) is 128 Å². The van der Waals surface area contributed by atoms with Crippen LogP contribution in [0.15, 0.2) is 30.3 Å². The van der Waals surface area contributed by atoms with Crippen LogP contribution < -0.4 is 21.7 Å². The molecule has 0 saturated carbocycles. The minimum Gasteiger partial charge on any atom is -0.458 e. The number of nitrogens with two attached hydrogens (primary N) is 1. The first-order valence-electron chi connectivity index (χ1n) is 20.1. The lowest BCUT2D eigenvalue weighted by atomic mass is 9.89. The maximum absolute atomic E-state index is 14.2. The fourth-order valence-electron chi connectivity index (χ4n) is 7.67. The van der Waals surface area contributed by atoms with Crippen LogP contribution in [0.3, 0.4) is 0 Å². The Labute approximate surface area is 335 Å². The Morgan fingerprint density at radius 1 is 0.946 bits per heavy atom. The molecule has 1 heterocycles. The number of carbonyl (C=O) groups excluding carboxylic acids is 5. The molecule has 5 N–H and O–H groups in total. The summed E-state index contributed by atoms with van der Waals surface area (Å²) >= 11 is 0. The maximum Gasteiger partial charge on any atom is 0.329 e. The molecule has 1 unspecified atom stereocenters. The van der Waals surface area contributed by atoms with Crippen LogP contribution in [0.2, 0.25) is 0 Å². The minimum atomic E-state index is -0.998. The lowest BCUT2D eigenvalue weighted by Gasteiger charge is -2.41. The van der Waals surface area contributed by atoms with E-state index in [0.717, 1.165) is 5.56 Å². The van der Waals surface area contributed by atoms with Crippen LogP contribution >= 0.6 is 0 Å². The third kappa shape index (κ3) is 13.5. The Balaban J connectivity index is 2.31. The standard InChI is InChI=1S/C42H72N6O8/c1-14-26(4)36(47(11)40(52)35(28(6)43)46-39(51)34(44-10)25(2)3)32(54-12)24-33(49)48-22-18-21-31(48)37(55-13)27(5)38(50)45-30(41(53)56-42(7,8)9)23-29-19-16-15-17-20-29/h15-17,19-20,25-28,30-32,34-37,44H,14,18,21-24,43H2,1-13H3,(H,45,50)(H,46,51)/t26-,27+,28-,30-,31-,32+,34?,35-,36-,37+/m0/s1. The van der Waals surface area contributed by atoms with Crippen molar-refractivity contribution in [1.29, 1.82) is 0 Å². The zero-order valence-electron chi connectivity index (χ0n) is 36.2. The molecular weight excluding hydrogens is 716 g/mol. The first kappa shape index (κ1) is 48.6. The number of likely N-dealkylation sites (tertiary alicyclic amines) is 1. The van der Waals surface area contributed by atoms with E-state index in [0.29, 0.717) is 25.8 Å². The normalized spacial score (nSPS) is 19.5. The molecule has 1 saturated heterocycles. The summed E-state index contributed by atoms with van der Waals surface area (Å²) in [6.45, 7) is 17.1. The molecule has 1 aliphatic heterocycles. The lowest BCUT2D eigenvalue weighted by Crippen LogP contribution is -2.62. The molecule has 0 spiro atoms. The largest absolute Gasteiger partial charge is 0.458 e. The number of carbonyl (C=O) groups is 5. The summed E-state index contributed by atoms with van der Waals surface area (Å²) in [6.07, 6.45) is 0.884. The molecule has 56 heavy (non-hydrogen) atoms. The zero-order valence-corrected chi connectivity index (χ0v) is 36.2. The van der Waals surface area contributed by atoms with Gasteiger partial charge in [-0.2, -0.15) is 0 Å². The van der Waals surface area contributed by atoms with Gasteiger partial charge in [0.2, 0.25) is 23.6 Å². The Kier molecular flexibility index (Phi) is 19.4. The van der Waals surface area contributed by atoms with Gasteiger partial charge in [-0.15, -0.1) is 0 Å². The van der Waals surface area contributed by atoms with E-state index in [1.807, 2.05) is 58.0 Å². The van der Waals surface area contributed by atoms with E-state index in [4.69, 9.17) is 19.9 Å². The van der Waals surface area contributed by atoms with Crippen molar-refractivity contribution in [1.82, 2.24) is 25.8 Å². The monoisotopic (exact) mass is 789 g/mol. The van der Waals surface area contributed by atoms with Crippen molar-refractivity contribution in [2.45, 2.75) is 148 Å². The summed E-state index contributed by atoms with van der Waals surface area (Å²) in [6, 6.07) is 5.34. The first-order chi connectivity index (χ1) is 26.2. The number of ether oxygens (including phenoxy) is 3. The van der Waals surface area contributed by atoms with Crippen molar-refractivity contribution < 1.29 is 38.2 Å². The maximum atomic E-state index is 14.2. The molecule has 0 aliphatic carbocycles. The summed E-state index contributed by atoms with van der Waals surface area (Å²) < 4.78 is 17.6. The van der Waals surface area contributed by atoms with Crippen molar-refractivity contribution >= 4 is 29.6 Å². The van der Waals surface area contributed by atoms with E-state index in [1.54, 1.807) is 58.5 Å². The van der Waals surface area contributed by atoms with Crippen molar-refractivity contribution in [3.8, 4) is 0 Å². The molecule has 14 heteroatoms. The quantitative estimate of drug-likeness (QED) is 0.135. The molecule has 1 aromatic carbocycles. The second-order valence-corrected chi connectivity index (χ2v) is 16.7. The zero-order chi connectivity index (χ0) is 42.5. The number of nitrogens with zero attached hydrogens (tertiary/aromatic N) is 2. The van der Waals surface area contributed by atoms with Crippen molar-refractivity contribution in [2.75, 3.05) is 34.9 Å². The number of hydrogen-bond acceptors (Lipinski definition) is 10. The third-order valence-electron chi connectivity index (χ3n) is 10.9. The Bertz CT molecular complexity index is 1420. The summed E-state index contributed by atoms with van der Waals surface area (Å²) in [4.78, 5) is 72.0. The smallest absolute Gasteiger partial charge is 0.329 e. The predicted molar refractivity (Wildman–Crippen MR) is 217 cm³/mol. The number of amides is 4. The number of rotatable bonds is 21. The van der Waals surface area contributed by atoms with Gasteiger partial charge in [0.1, 0.15) is 17.7 Å². The van der Waals surface area contributed by atoms with E-state index in [9.17, 15) is 24.0 Å². The Morgan fingerprint density at radius 3 is 2.07 bits per heavy atom. The Hall–Kier alpha value is -3.59. The fourth-order valence-corrected chi connectivity index (χ4v) is 7.67. The van der Waals surface area contributed by atoms with E-state index in [-0.39, 0.29) is 48.3 Å². The van der Waals surface area contributed by atoms with Crippen molar-refractivity contribution in [2.24, 2.45) is 23.5 Å². The molecule has 14 nitrogen and oxygen atoms in total. The van der Waals surface area contributed by atoms with Gasteiger partial charge in [0.25, 0.3) is 0 Å². The second-order valence-electron chi connectivity index (χ2n) is 16.7. The van der Waals surface area contributed by atoms with E-state index in [2.05, 4.69) is 16.0 Å². The van der Waals surface area contributed by atoms with Gasteiger partial charge in [-0.3, -0.25) is 19.2 Å². The SMILES string of the molecule is CC[C@H](C)[C@@H]([C@@H](CC(=O)N1CCC[C@H]1[C@H](OC)[C@@H](C)C(=O)N[C@@H](Cc1ccccc1)C(=O)OC(C)(C)C)OC)N(C)C(=O)[C@@H](NC(=O)C(NC)C(C)C)[C@H](C)N. The molecule has 318 valence electrons. The Morgan fingerprint density at radius 2 is 1.57 bits per heavy atom. The van der Waals surface area contributed by atoms with Crippen LogP contribution in [0.25, 0.3) is 0 Å². The van der Waals surface area contributed by atoms with Crippen molar-refractivity contribution in [3.63, 3.8) is 0 Å². The minimum absolute atomic E-state index is 0.0170. The van der Waals surface area contributed by atoms with Gasteiger partial charge in [0.05, 0.1) is 42.7 Å². The predicted octanol–water partition coefficient (Wildman–Crippen LogP) is 3.05. The van der Waals surface area contributed by atoms with Gasteiger partial charge in [-0.25, -0.2) is 4.79 Å². The average molecular weight is 789 g/mol. The number of benzene rings is 1. The van der Waals surface area contributed by atoms with Crippen LogP contribution in [-0.2, 0) is 44.6 Å². The highest BCUT2D eigenvalue weighted by atomic mass is 16.6. The van der Waals surface area contributed by atoms with Gasteiger partial charge in [-0.05, 0) is 65.0 Å². The van der Waals surface area contributed by atoms with Crippen LogP contribution in [0.4, 0.5) is 0 Å². The lowest BCUT2D eigenvalue weighted by molar-refractivity contribution is -0.159. The molecule has 0 aromatic heterocycles. The summed E-state index contributed by atoms with van der Waals surface area (Å²) in [5.74, 6) is -2.63. The highest BCUT2D eigenvalue weighted by Gasteiger charge is 2.43. The number of nitrogens with one attached hydrogen (secondary N) is 3. The van der Waals surface area contributed by atoms with Crippen LogP contribution in [0.1, 0.15) is 93.6 Å². The molecule has 0 bridgehead atoms. The van der Waals surface area contributed by atoms with Gasteiger partial charge in [0.15, 0.2) is 0 Å². The highest BCUT2D eigenvalue weighted by Crippen LogP contribution is 2.30. The number of esters is 1. The van der Waals surface area contributed by atoms with Crippen LogP contribution in [0.5, 0.6) is 0 Å². The van der Waals surface area contributed by atoms with E-state index >= 15 is 0 Å². The molecule has 1 fully saturated rings. The number of likely N-dealkylation sites (N-methyl/N-ethyl adjacent to an activating group) is 2. The topological polar surface area (TPSA) is 182 Å². The van der Waals surface area contributed by atoms with Gasteiger partial charge < -0.3 is 45.7 Å². The second kappa shape index (κ2) is 22.4. The first-order valence-corrected chi connectivity index (χ1v) is 20.1. The third-order valence-corrected chi connectivity index (χ3v) is 10.9. The summed E-state index contributed by atoms with van der Waals surface area (Å²) in [5, 5.41) is 8.79. The van der Waals surface area contributed by atoms with Gasteiger partial charge in [-0.1, -0.05) is 71.4 Å². The summed E-state index contributed by atoms with van der Waals surface area (Å²) in [5.41, 5.74) is 6.41. The molecule has 10 atom stereocenters.